The minimum atomic E-state index is -1.31. The van der Waals surface area contributed by atoms with Crippen LogP contribution in [0.3, 0.4) is 0 Å². The summed E-state index contributed by atoms with van der Waals surface area (Å²) in [7, 11) is 0. The van der Waals surface area contributed by atoms with E-state index in [1.165, 1.54) is 18.4 Å². The van der Waals surface area contributed by atoms with Gasteiger partial charge in [0.1, 0.15) is 12.4 Å². The second kappa shape index (κ2) is 12.6. The molecule has 1 aromatic rings. The first-order valence-corrected chi connectivity index (χ1v) is 8.08. The molecule has 0 atom stereocenters. The fraction of sp³-hybridized carbons (Fsp3) is 0.556. The molecule has 3 aliphatic rings. The van der Waals surface area contributed by atoms with Gasteiger partial charge in [-0.3, -0.25) is 0 Å². The van der Waals surface area contributed by atoms with E-state index < -0.39 is 5.79 Å². The lowest BCUT2D eigenvalue weighted by molar-refractivity contribution is -0.152. The van der Waals surface area contributed by atoms with Crippen LogP contribution in [0.15, 0.2) is 30.3 Å². The van der Waals surface area contributed by atoms with Gasteiger partial charge in [-0.15, -0.1) is 24.8 Å². The number of hydrogen-bond acceptors (Lipinski definition) is 4. The van der Waals surface area contributed by atoms with Crippen LogP contribution in [0, 0.1) is 0 Å². The number of benzene rings is 1. The Bertz CT molecular complexity index is 458. The number of hydrogen-bond donors (Lipinski definition) is 2. The largest absolute Gasteiger partial charge is 0.489 e. The molecule has 6 heteroatoms. The normalized spacial score (nSPS) is 19.1. The number of halogens is 2. The highest BCUT2D eigenvalue weighted by Crippen LogP contribution is 2.25. The molecule has 0 amide bonds. The van der Waals surface area contributed by atoms with Crippen LogP contribution >= 0.6 is 24.8 Å². The first-order chi connectivity index (χ1) is 10.7. The average molecular weight is 379 g/mol. The van der Waals surface area contributed by atoms with E-state index in [1.807, 2.05) is 30.3 Å². The van der Waals surface area contributed by atoms with E-state index in [-0.39, 0.29) is 24.8 Å². The first-order valence-electron chi connectivity index (χ1n) is 8.08. The standard InChI is InChI=1S/C9H8O.C5H10O2.C4H8O.2ClH/c1-2-6-9-8(4-1)5-3-7-10-9;6-5(7)3-1-2-4-5;1-2-4-5-3-1;;/h1-6H,7H2;6-7H,1-4H2;1-4H2;2*1H. The fourth-order valence-corrected chi connectivity index (χ4v) is 2.51. The minimum absolute atomic E-state index is 0. The molecule has 2 aliphatic heterocycles. The molecule has 1 saturated carbocycles. The number of ether oxygens (including phenoxy) is 2. The second-order valence-corrected chi connectivity index (χ2v) is 5.76. The lowest BCUT2D eigenvalue weighted by Gasteiger charge is -2.11. The van der Waals surface area contributed by atoms with E-state index in [0.717, 1.165) is 31.8 Å². The van der Waals surface area contributed by atoms with Crippen LogP contribution in [-0.4, -0.2) is 35.8 Å². The van der Waals surface area contributed by atoms with Crippen molar-refractivity contribution in [2.45, 2.75) is 44.3 Å². The van der Waals surface area contributed by atoms with Crippen molar-refractivity contribution in [2.24, 2.45) is 0 Å². The highest BCUT2D eigenvalue weighted by molar-refractivity contribution is 5.85. The van der Waals surface area contributed by atoms with Crippen LogP contribution in [-0.2, 0) is 4.74 Å². The fourth-order valence-electron chi connectivity index (χ4n) is 2.51. The van der Waals surface area contributed by atoms with Gasteiger partial charge in [-0.2, -0.15) is 0 Å². The topological polar surface area (TPSA) is 58.9 Å². The maximum Gasteiger partial charge on any atom is 0.162 e. The minimum Gasteiger partial charge on any atom is -0.489 e. The quantitative estimate of drug-likeness (QED) is 0.670. The van der Waals surface area contributed by atoms with Gasteiger partial charge in [-0.25, -0.2) is 0 Å². The van der Waals surface area contributed by atoms with E-state index in [9.17, 15) is 0 Å². The van der Waals surface area contributed by atoms with Crippen molar-refractivity contribution in [3.63, 3.8) is 0 Å². The molecule has 1 aromatic carbocycles. The van der Waals surface area contributed by atoms with Crippen LogP contribution in [0.2, 0.25) is 0 Å². The summed E-state index contributed by atoms with van der Waals surface area (Å²) in [5.74, 6) is -0.315. The zero-order valence-electron chi connectivity index (χ0n) is 13.9. The third kappa shape index (κ3) is 8.90. The van der Waals surface area contributed by atoms with Gasteiger partial charge in [-0.05, 0) is 37.8 Å². The van der Waals surface area contributed by atoms with E-state index in [2.05, 4.69) is 6.08 Å². The Labute approximate surface area is 156 Å². The molecular weight excluding hydrogens is 351 g/mol. The summed E-state index contributed by atoms with van der Waals surface area (Å²) in [4.78, 5) is 0. The van der Waals surface area contributed by atoms with Gasteiger partial charge < -0.3 is 19.7 Å². The summed E-state index contributed by atoms with van der Waals surface area (Å²) in [6.45, 7) is 2.71. The zero-order chi connectivity index (χ0) is 15.7. The lowest BCUT2D eigenvalue weighted by atomic mass is 10.1. The molecule has 0 radical (unpaired) electrons. The SMILES string of the molecule is C1=Cc2ccccc2OC1.C1CCOC1.Cl.Cl.OC1(O)CCCC1. The molecular formula is C18H28Cl2O4. The Kier molecular flexibility index (Phi) is 12.2. The summed E-state index contributed by atoms with van der Waals surface area (Å²) in [6.07, 6.45) is 9.71. The Morgan fingerprint density at radius 2 is 1.50 bits per heavy atom. The molecule has 4 rings (SSSR count). The van der Waals surface area contributed by atoms with Gasteiger partial charge in [-0.1, -0.05) is 24.3 Å². The first kappa shape index (κ1) is 23.2. The number of rotatable bonds is 0. The molecule has 138 valence electrons. The Morgan fingerprint density at radius 1 is 0.875 bits per heavy atom. The molecule has 0 spiro atoms. The van der Waals surface area contributed by atoms with Crippen molar-refractivity contribution >= 4 is 30.9 Å². The highest BCUT2D eigenvalue weighted by atomic mass is 35.5. The predicted molar refractivity (Wildman–Crippen MR) is 101 cm³/mol. The Morgan fingerprint density at radius 3 is 1.96 bits per heavy atom. The molecule has 0 bridgehead atoms. The van der Waals surface area contributed by atoms with Gasteiger partial charge in [0.25, 0.3) is 0 Å². The second-order valence-electron chi connectivity index (χ2n) is 5.76. The third-order valence-electron chi connectivity index (χ3n) is 3.78. The molecule has 4 nitrogen and oxygen atoms in total. The van der Waals surface area contributed by atoms with E-state index in [4.69, 9.17) is 19.7 Å². The van der Waals surface area contributed by atoms with Crippen molar-refractivity contribution < 1.29 is 19.7 Å². The average Bonchev–Trinajstić information content (AvgIpc) is 3.23. The van der Waals surface area contributed by atoms with E-state index in [1.54, 1.807) is 0 Å². The van der Waals surface area contributed by atoms with Crippen molar-refractivity contribution in [3.05, 3.63) is 35.9 Å². The van der Waals surface area contributed by atoms with E-state index >= 15 is 0 Å². The number of fused-ring (bicyclic) bond motifs is 1. The summed E-state index contributed by atoms with van der Waals surface area (Å²) in [5.41, 5.74) is 1.17. The molecule has 2 N–H and O–H groups in total. The maximum atomic E-state index is 8.75. The Hall–Kier alpha value is -0.780. The number of para-hydroxylation sites is 1. The van der Waals surface area contributed by atoms with Crippen LogP contribution in [0.5, 0.6) is 5.75 Å². The lowest BCUT2D eigenvalue weighted by Crippen LogP contribution is -2.21. The monoisotopic (exact) mass is 378 g/mol. The summed E-state index contributed by atoms with van der Waals surface area (Å²) in [5, 5.41) is 17.5. The maximum absolute atomic E-state index is 8.75. The van der Waals surface area contributed by atoms with Crippen molar-refractivity contribution in [3.8, 4) is 5.75 Å². The molecule has 2 fully saturated rings. The molecule has 1 aliphatic carbocycles. The third-order valence-corrected chi connectivity index (χ3v) is 3.78. The summed E-state index contributed by atoms with van der Waals surface area (Å²) < 4.78 is 10.3. The summed E-state index contributed by atoms with van der Waals surface area (Å²) in [6, 6.07) is 8.03. The predicted octanol–water partition coefficient (Wildman–Crippen LogP) is 3.97. The van der Waals surface area contributed by atoms with Crippen molar-refractivity contribution in [2.75, 3.05) is 19.8 Å². The Balaban J connectivity index is 0.000000336. The smallest absolute Gasteiger partial charge is 0.162 e. The molecule has 0 unspecified atom stereocenters. The van der Waals surface area contributed by atoms with Crippen LogP contribution in [0.1, 0.15) is 44.1 Å². The van der Waals surface area contributed by atoms with Crippen LogP contribution < -0.4 is 4.74 Å². The van der Waals surface area contributed by atoms with Crippen molar-refractivity contribution in [1.82, 2.24) is 0 Å². The molecule has 2 heterocycles. The van der Waals surface area contributed by atoms with Gasteiger partial charge >= 0.3 is 0 Å². The van der Waals surface area contributed by atoms with Crippen LogP contribution in [0.4, 0.5) is 0 Å². The van der Waals surface area contributed by atoms with Gasteiger partial charge in [0.05, 0.1) is 0 Å². The number of aliphatic hydroxyl groups is 2. The van der Waals surface area contributed by atoms with E-state index in [0.29, 0.717) is 19.4 Å². The molecule has 1 saturated heterocycles. The van der Waals surface area contributed by atoms with Gasteiger partial charge in [0.2, 0.25) is 0 Å². The van der Waals surface area contributed by atoms with Gasteiger partial charge in [0.15, 0.2) is 5.79 Å². The summed E-state index contributed by atoms with van der Waals surface area (Å²) >= 11 is 0. The van der Waals surface area contributed by atoms with Crippen molar-refractivity contribution in [1.29, 1.82) is 0 Å². The van der Waals surface area contributed by atoms with Crippen LogP contribution in [0.25, 0.3) is 6.08 Å². The highest BCUT2D eigenvalue weighted by Gasteiger charge is 2.26. The van der Waals surface area contributed by atoms with Gasteiger partial charge in [0, 0.05) is 31.6 Å². The zero-order valence-corrected chi connectivity index (χ0v) is 15.5. The molecule has 0 aromatic heterocycles. The molecule has 24 heavy (non-hydrogen) atoms.